The van der Waals surface area contributed by atoms with Gasteiger partial charge in [0.2, 0.25) is 0 Å². The summed E-state index contributed by atoms with van der Waals surface area (Å²) in [6.07, 6.45) is 0. The van der Waals surface area contributed by atoms with Crippen LogP contribution in [-0.4, -0.2) is 64.8 Å². The molecule has 0 aromatic carbocycles. The molecule has 0 rings (SSSR count). The number of hydrogen-bond donors (Lipinski definition) is 0. The Bertz CT molecular complexity index is 352. The lowest BCUT2D eigenvalue weighted by atomic mass is 10.8. The monoisotopic (exact) mass is 326 g/mol. The minimum atomic E-state index is -3.19. The van der Waals surface area contributed by atoms with E-state index in [9.17, 15) is 16.8 Å². The lowest BCUT2D eigenvalue weighted by Gasteiger charge is -2.05. The Morgan fingerprint density at radius 2 is 1.06 bits per heavy atom. The molecule has 0 saturated carbocycles. The molecule has 0 saturated heterocycles. The zero-order chi connectivity index (χ0) is 13.4. The molecule has 9 heteroatoms. The molecule has 0 aliphatic heterocycles. The average molecular weight is 327 g/mol. The van der Waals surface area contributed by atoms with Crippen molar-refractivity contribution in [1.29, 1.82) is 0 Å². The summed E-state index contributed by atoms with van der Waals surface area (Å²) in [5.41, 5.74) is 0. The molecule has 17 heavy (non-hydrogen) atoms. The molecule has 0 amide bonds. The van der Waals surface area contributed by atoms with Gasteiger partial charge in [0.15, 0.2) is 19.7 Å². The Labute approximate surface area is 112 Å². The molecule has 0 heterocycles. The van der Waals surface area contributed by atoms with E-state index in [1.165, 1.54) is 0 Å². The van der Waals surface area contributed by atoms with Gasteiger partial charge in [0, 0.05) is 11.8 Å². The van der Waals surface area contributed by atoms with Crippen molar-refractivity contribution in [3.05, 3.63) is 0 Å². The summed E-state index contributed by atoms with van der Waals surface area (Å²) >= 11 is 10.6. The topological polar surface area (TPSA) is 77.5 Å². The standard InChI is InChI=1S/C8H16Cl2O5S2/c9-1-5-16(11,12)7-3-15-4-8-17(13,14)6-2-10/h1-8H2. The van der Waals surface area contributed by atoms with E-state index >= 15 is 0 Å². The minimum absolute atomic E-state index is 0.0182. The molecule has 5 nitrogen and oxygen atoms in total. The van der Waals surface area contributed by atoms with Crippen LogP contribution in [0.5, 0.6) is 0 Å². The van der Waals surface area contributed by atoms with Crippen LogP contribution in [-0.2, 0) is 24.4 Å². The molecule has 0 fully saturated rings. The zero-order valence-corrected chi connectivity index (χ0v) is 12.4. The van der Waals surface area contributed by atoms with Crippen molar-refractivity contribution in [2.75, 3.05) is 48.0 Å². The second-order valence-electron chi connectivity index (χ2n) is 3.29. The Kier molecular flexibility index (Phi) is 8.75. The molecule has 0 atom stereocenters. The fourth-order valence-corrected chi connectivity index (χ4v) is 3.95. The average Bonchev–Trinajstić information content (AvgIpc) is 2.16. The highest BCUT2D eigenvalue weighted by Gasteiger charge is 2.11. The van der Waals surface area contributed by atoms with E-state index in [4.69, 9.17) is 27.9 Å². The Balaban J connectivity index is 3.74. The van der Waals surface area contributed by atoms with Gasteiger partial charge in [0.1, 0.15) is 0 Å². The predicted octanol–water partition coefficient (Wildman–Crippen LogP) is 0.310. The van der Waals surface area contributed by atoms with Gasteiger partial charge in [-0.3, -0.25) is 0 Å². The molecule has 0 radical (unpaired) electrons. The molecule has 0 bridgehead atoms. The van der Waals surface area contributed by atoms with Crippen LogP contribution in [0.2, 0.25) is 0 Å². The molecule has 0 N–H and O–H groups in total. The summed E-state index contributed by atoms with van der Waals surface area (Å²) < 4.78 is 49.7. The molecular weight excluding hydrogens is 311 g/mol. The first-order valence-electron chi connectivity index (χ1n) is 4.93. The molecule has 0 aromatic rings. The number of alkyl halides is 2. The summed E-state index contributed by atoms with van der Waals surface area (Å²) in [4.78, 5) is 0. The second kappa shape index (κ2) is 8.53. The second-order valence-corrected chi connectivity index (χ2v) is 8.66. The van der Waals surface area contributed by atoms with E-state index in [-0.39, 0.29) is 48.0 Å². The van der Waals surface area contributed by atoms with Crippen molar-refractivity contribution < 1.29 is 21.6 Å². The molecule has 0 aliphatic rings. The van der Waals surface area contributed by atoms with Gasteiger partial charge in [-0.05, 0) is 0 Å². The maximum Gasteiger partial charge on any atom is 0.153 e. The van der Waals surface area contributed by atoms with Gasteiger partial charge in [-0.1, -0.05) is 0 Å². The Morgan fingerprint density at radius 3 is 1.35 bits per heavy atom. The van der Waals surface area contributed by atoms with Gasteiger partial charge in [0.25, 0.3) is 0 Å². The third-order valence-corrected chi connectivity index (χ3v) is 5.91. The third kappa shape index (κ3) is 10.1. The first-order valence-corrected chi connectivity index (χ1v) is 9.65. The summed E-state index contributed by atoms with van der Waals surface area (Å²) in [5.74, 6) is -0.381. The van der Waals surface area contributed by atoms with Crippen molar-refractivity contribution in [3.8, 4) is 0 Å². The van der Waals surface area contributed by atoms with Crippen LogP contribution in [0.4, 0.5) is 0 Å². The molecular formula is C8H16Cl2O5S2. The maximum absolute atomic E-state index is 11.2. The van der Waals surface area contributed by atoms with E-state index in [2.05, 4.69) is 0 Å². The fraction of sp³-hybridized carbons (Fsp3) is 1.00. The van der Waals surface area contributed by atoms with Crippen molar-refractivity contribution >= 4 is 42.9 Å². The normalized spacial score (nSPS) is 12.8. The molecule has 0 aliphatic carbocycles. The number of halogens is 2. The van der Waals surface area contributed by atoms with E-state index in [0.29, 0.717) is 0 Å². The van der Waals surface area contributed by atoms with Gasteiger partial charge < -0.3 is 4.74 Å². The van der Waals surface area contributed by atoms with Crippen LogP contribution in [0.25, 0.3) is 0 Å². The zero-order valence-electron chi connectivity index (χ0n) is 9.27. The van der Waals surface area contributed by atoms with Crippen LogP contribution in [0, 0.1) is 0 Å². The van der Waals surface area contributed by atoms with Gasteiger partial charge in [-0.2, -0.15) is 0 Å². The number of rotatable bonds is 10. The highest BCUT2D eigenvalue weighted by Crippen LogP contribution is 1.95. The van der Waals surface area contributed by atoms with Crippen molar-refractivity contribution in [2.45, 2.75) is 0 Å². The highest BCUT2D eigenvalue weighted by molar-refractivity contribution is 7.91. The van der Waals surface area contributed by atoms with Gasteiger partial charge in [-0.25, -0.2) is 16.8 Å². The third-order valence-electron chi connectivity index (χ3n) is 1.85. The van der Waals surface area contributed by atoms with E-state index in [1.54, 1.807) is 0 Å². The lowest BCUT2D eigenvalue weighted by molar-refractivity contribution is 0.165. The number of hydrogen-bond acceptors (Lipinski definition) is 5. The van der Waals surface area contributed by atoms with Gasteiger partial charge >= 0.3 is 0 Å². The first kappa shape index (κ1) is 17.4. The van der Waals surface area contributed by atoms with E-state index in [0.717, 1.165) is 0 Å². The van der Waals surface area contributed by atoms with Crippen molar-refractivity contribution in [3.63, 3.8) is 0 Å². The largest absolute Gasteiger partial charge is 0.379 e. The van der Waals surface area contributed by atoms with Crippen molar-refractivity contribution in [1.82, 2.24) is 0 Å². The maximum atomic E-state index is 11.2. The number of ether oxygens (including phenoxy) is 1. The minimum Gasteiger partial charge on any atom is -0.379 e. The Morgan fingerprint density at radius 1 is 0.706 bits per heavy atom. The van der Waals surface area contributed by atoms with Crippen LogP contribution in [0.3, 0.4) is 0 Å². The summed E-state index contributed by atoms with van der Waals surface area (Å²) in [5, 5.41) is 0. The van der Waals surface area contributed by atoms with Crippen LogP contribution < -0.4 is 0 Å². The summed E-state index contributed by atoms with van der Waals surface area (Å²) in [6.45, 7) is -0.0365. The van der Waals surface area contributed by atoms with Gasteiger partial charge in [-0.15, -0.1) is 23.2 Å². The smallest absolute Gasteiger partial charge is 0.153 e. The summed E-state index contributed by atoms with van der Waals surface area (Å²) in [6, 6.07) is 0. The highest BCUT2D eigenvalue weighted by atomic mass is 35.5. The van der Waals surface area contributed by atoms with E-state index < -0.39 is 19.7 Å². The van der Waals surface area contributed by atoms with Crippen LogP contribution in [0.15, 0.2) is 0 Å². The fourth-order valence-electron chi connectivity index (χ4n) is 0.913. The van der Waals surface area contributed by atoms with Crippen LogP contribution >= 0.6 is 23.2 Å². The summed E-state index contributed by atoms with van der Waals surface area (Å²) in [7, 11) is -6.37. The molecule has 0 spiro atoms. The lowest BCUT2D eigenvalue weighted by Crippen LogP contribution is -2.20. The first-order chi connectivity index (χ1) is 7.83. The van der Waals surface area contributed by atoms with Crippen molar-refractivity contribution in [2.24, 2.45) is 0 Å². The van der Waals surface area contributed by atoms with Gasteiger partial charge in [0.05, 0.1) is 36.2 Å². The molecule has 0 unspecified atom stereocenters. The number of sulfone groups is 2. The van der Waals surface area contributed by atoms with Crippen LogP contribution in [0.1, 0.15) is 0 Å². The molecule has 104 valence electrons. The molecule has 0 aromatic heterocycles. The Hall–Kier alpha value is 0.440. The predicted molar refractivity (Wildman–Crippen MR) is 69.6 cm³/mol. The van der Waals surface area contributed by atoms with E-state index in [1.807, 2.05) is 0 Å². The SMILES string of the molecule is O=S(=O)(CCCl)CCOCCS(=O)(=O)CCCl. The quantitative estimate of drug-likeness (QED) is 0.426.